The van der Waals surface area contributed by atoms with Gasteiger partial charge in [-0.05, 0) is 80.8 Å². The van der Waals surface area contributed by atoms with Gasteiger partial charge in [-0.15, -0.1) is 0 Å². The van der Waals surface area contributed by atoms with Gasteiger partial charge in [0, 0.05) is 37.3 Å². The molecule has 6 rings (SSSR count). The zero-order valence-corrected chi connectivity index (χ0v) is 25.6. The van der Waals surface area contributed by atoms with Gasteiger partial charge in [0.15, 0.2) is 11.6 Å². The van der Waals surface area contributed by atoms with E-state index in [4.69, 9.17) is 4.74 Å². The molecule has 1 N–H and O–H groups in total. The second kappa shape index (κ2) is 12.5. The molecule has 46 heavy (non-hydrogen) atoms. The molecule has 2 aliphatic rings. The Balaban J connectivity index is 1.27. The number of hydrogen-bond donors (Lipinski definition) is 1. The number of rotatable bonds is 8. The summed E-state index contributed by atoms with van der Waals surface area (Å²) >= 11 is 0. The molecule has 0 spiro atoms. The summed E-state index contributed by atoms with van der Waals surface area (Å²) < 4.78 is 64.4. The van der Waals surface area contributed by atoms with Crippen molar-refractivity contribution in [3.63, 3.8) is 0 Å². The van der Waals surface area contributed by atoms with Crippen LogP contribution in [-0.2, 0) is 15.0 Å². The molecule has 1 unspecified atom stereocenters. The van der Waals surface area contributed by atoms with E-state index >= 15 is 0 Å². The second-order valence-corrected chi connectivity index (χ2v) is 13.1. The Bertz CT molecular complexity index is 2010. The van der Waals surface area contributed by atoms with E-state index in [0.29, 0.717) is 11.2 Å². The van der Waals surface area contributed by atoms with Crippen LogP contribution in [0.5, 0.6) is 11.5 Å². The number of aldehydes is 1. The first-order valence-corrected chi connectivity index (χ1v) is 16.2. The molecule has 2 aliphatic heterocycles. The van der Waals surface area contributed by atoms with Crippen LogP contribution >= 0.6 is 0 Å². The molecular weight excluding hydrogens is 618 g/mol. The van der Waals surface area contributed by atoms with E-state index in [1.807, 2.05) is 12.1 Å². The van der Waals surface area contributed by atoms with Crippen LogP contribution in [0.4, 0.5) is 20.2 Å². The highest BCUT2D eigenvalue weighted by Crippen LogP contribution is 2.35. The number of alkyl halides is 1. The third kappa shape index (κ3) is 6.03. The smallest absolute Gasteiger partial charge is 0.301 e. The number of nitrogens with one attached hydrogen (secondary N) is 1. The monoisotopic (exact) mass is 648 g/mol. The Hall–Kier alpha value is -4.87. The molecule has 0 amide bonds. The first-order valence-electron chi connectivity index (χ1n) is 14.7. The number of benzene rings is 3. The minimum Gasteiger partial charge on any atom is -0.453 e. The number of ether oxygens (including phenoxy) is 1. The van der Waals surface area contributed by atoms with E-state index in [1.54, 1.807) is 18.2 Å². The Morgan fingerprint density at radius 2 is 1.85 bits per heavy atom. The van der Waals surface area contributed by atoms with E-state index in [1.165, 1.54) is 29.1 Å². The van der Waals surface area contributed by atoms with Crippen molar-refractivity contribution in [2.75, 3.05) is 29.3 Å². The predicted molar refractivity (Wildman–Crippen MR) is 168 cm³/mol. The second-order valence-electron chi connectivity index (χ2n) is 11.4. The standard InChI is InChI=1S/C32H30F2N6O5S/c1-20-14-21(18-41)10-13-39(20)23-2-4-24(5-3-23)40-19-36-29-8-6-25(15-26(29)32(40)42)45-31-27(16-35)30(9-7-28(31)34)37-46(43,44)38-12-11-22(33)17-38/h2-9,15,18-22,37H,10-14,17H2,1H3/t20-,21?,22+/m0/s1. The van der Waals surface area contributed by atoms with Crippen molar-refractivity contribution in [2.24, 2.45) is 5.92 Å². The number of aromatic nitrogens is 2. The quantitative estimate of drug-likeness (QED) is 0.272. The van der Waals surface area contributed by atoms with Gasteiger partial charge in [-0.2, -0.15) is 18.0 Å². The molecule has 14 heteroatoms. The van der Waals surface area contributed by atoms with Gasteiger partial charge < -0.3 is 14.4 Å². The SMILES string of the molecule is C[C@H]1CC(C=O)CCN1c1ccc(-n2cnc3ccc(Oc4c(F)ccc(NS(=O)(=O)N5CC[C@@H](F)C5)c4C#N)cc3c2=O)cc1. The van der Waals surface area contributed by atoms with E-state index in [2.05, 4.69) is 21.5 Å². The topological polar surface area (TPSA) is 138 Å². The van der Waals surface area contributed by atoms with Crippen molar-refractivity contribution in [2.45, 2.75) is 38.4 Å². The molecule has 0 bridgehead atoms. The molecule has 4 aromatic rings. The molecule has 3 atom stereocenters. The number of fused-ring (bicyclic) bond motifs is 1. The van der Waals surface area contributed by atoms with Crippen molar-refractivity contribution in [3.8, 4) is 23.3 Å². The van der Waals surface area contributed by atoms with Gasteiger partial charge >= 0.3 is 10.2 Å². The van der Waals surface area contributed by atoms with Crippen molar-refractivity contribution in [1.82, 2.24) is 13.9 Å². The predicted octanol–water partition coefficient (Wildman–Crippen LogP) is 4.69. The number of hydrogen-bond acceptors (Lipinski definition) is 8. The van der Waals surface area contributed by atoms with Crippen molar-refractivity contribution in [1.29, 1.82) is 5.26 Å². The normalized spacial score (nSPS) is 20.4. The lowest BCUT2D eigenvalue weighted by atomic mass is 9.92. The van der Waals surface area contributed by atoms with Gasteiger partial charge in [0.2, 0.25) is 0 Å². The number of carbonyl (C=O) groups excluding carboxylic acids is 1. The highest BCUT2D eigenvalue weighted by molar-refractivity contribution is 7.90. The summed E-state index contributed by atoms with van der Waals surface area (Å²) in [6.45, 7) is 2.48. The lowest BCUT2D eigenvalue weighted by Gasteiger charge is -2.37. The molecule has 3 aromatic carbocycles. The zero-order valence-electron chi connectivity index (χ0n) is 24.8. The largest absolute Gasteiger partial charge is 0.453 e. The van der Waals surface area contributed by atoms with Gasteiger partial charge in [0.25, 0.3) is 5.56 Å². The lowest BCUT2D eigenvalue weighted by molar-refractivity contribution is -0.111. The van der Waals surface area contributed by atoms with Crippen LogP contribution in [0.1, 0.15) is 31.7 Å². The molecule has 2 fully saturated rings. The third-order valence-electron chi connectivity index (χ3n) is 8.41. The van der Waals surface area contributed by atoms with Gasteiger partial charge in [0.1, 0.15) is 36.2 Å². The number of nitrogens with zero attached hydrogens (tertiary/aromatic N) is 5. The fourth-order valence-electron chi connectivity index (χ4n) is 5.95. The minimum atomic E-state index is -4.22. The van der Waals surface area contributed by atoms with Gasteiger partial charge in [-0.25, -0.2) is 13.8 Å². The lowest BCUT2D eigenvalue weighted by Crippen LogP contribution is -2.41. The minimum absolute atomic E-state index is 0.0161. The number of halogens is 2. The number of piperidine rings is 1. The Morgan fingerprint density at radius 3 is 2.52 bits per heavy atom. The zero-order chi connectivity index (χ0) is 32.6. The van der Waals surface area contributed by atoms with Gasteiger partial charge in [-0.3, -0.25) is 14.1 Å². The van der Waals surface area contributed by atoms with E-state index < -0.39 is 39.1 Å². The average molecular weight is 649 g/mol. The molecule has 238 valence electrons. The van der Waals surface area contributed by atoms with Crippen LogP contribution in [0, 0.1) is 23.1 Å². The molecule has 3 heterocycles. The Kier molecular flexibility index (Phi) is 8.45. The Labute approximate surface area is 263 Å². The highest BCUT2D eigenvalue weighted by atomic mass is 32.2. The maximum Gasteiger partial charge on any atom is 0.301 e. The van der Waals surface area contributed by atoms with Crippen LogP contribution in [0.15, 0.2) is 65.7 Å². The fraction of sp³-hybridized carbons (Fsp3) is 0.312. The van der Waals surface area contributed by atoms with Gasteiger partial charge in [0.05, 0.1) is 22.3 Å². The molecule has 0 saturated carbocycles. The first kappa shape index (κ1) is 31.1. The molecule has 11 nitrogen and oxygen atoms in total. The van der Waals surface area contributed by atoms with Crippen LogP contribution < -0.4 is 19.9 Å². The maximum atomic E-state index is 15.0. The van der Waals surface area contributed by atoms with Gasteiger partial charge in [-0.1, -0.05) is 0 Å². The molecular formula is C32H30F2N6O5S. The molecule has 0 aliphatic carbocycles. The molecule has 2 saturated heterocycles. The fourth-order valence-corrected chi connectivity index (χ4v) is 7.23. The number of anilines is 2. The highest BCUT2D eigenvalue weighted by Gasteiger charge is 2.32. The summed E-state index contributed by atoms with van der Waals surface area (Å²) in [6.07, 6.45) is 2.75. The number of nitriles is 1. The molecule has 1 aromatic heterocycles. The summed E-state index contributed by atoms with van der Waals surface area (Å²) in [5.41, 5.74) is 0.828. The average Bonchev–Trinajstić information content (AvgIpc) is 3.50. The van der Waals surface area contributed by atoms with Crippen molar-refractivity contribution >= 4 is 38.8 Å². The van der Waals surface area contributed by atoms with E-state index in [-0.39, 0.29) is 48.3 Å². The summed E-state index contributed by atoms with van der Waals surface area (Å²) in [4.78, 5) is 31.4. The third-order valence-corrected chi connectivity index (χ3v) is 9.90. The summed E-state index contributed by atoms with van der Waals surface area (Å²) in [7, 11) is -4.22. The first-order chi connectivity index (χ1) is 22.1. The van der Waals surface area contributed by atoms with Crippen LogP contribution in [-0.4, -0.2) is 60.4 Å². The van der Waals surface area contributed by atoms with E-state index in [0.717, 1.165) is 47.8 Å². The summed E-state index contributed by atoms with van der Waals surface area (Å²) in [5.74, 6) is -1.40. The van der Waals surface area contributed by atoms with Crippen LogP contribution in [0.3, 0.4) is 0 Å². The number of carbonyl (C=O) groups is 1. The van der Waals surface area contributed by atoms with Crippen molar-refractivity contribution in [3.05, 3.63) is 82.7 Å². The molecule has 0 radical (unpaired) electrons. The summed E-state index contributed by atoms with van der Waals surface area (Å²) in [5, 5.41) is 10.0. The van der Waals surface area contributed by atoms with E-state index in [9.17, 15) is 32.0 Å². The maximum absolute atomic E-state index is 15.0. The van der Waals surface area contributed by atoms with Crippen LogP contribution in [0.25, 0.3) is 16.6 Å². The summed E-state index contributed by atoms with van der Waals surface area (Å²) in [6, 6.07) is 15.8. The van der Waals surface area contributed by atoms with Crippen LogP contribution in [0.2, 0.25) is 0 Å². The Morgan fingerprint density at radius 1 is 1.09 bits per heavy atom. The van der Waals surface area contributed by atoms with Crippen molar-refractivity contribution < 1.29 is 26.7 Å².